The molecule has 0 amide bonds. The van der Waals surface area contributed by atoms with Crippen LogP contribution in [0.1, 0.15) is 104 Å². The van der Waals surface area contributed by atoms with E-state index in [1.54, 1.807) is 0 Å². The highest BCUT2D eigenvalue weighted by molar-refractivity contribution is 6.47. The Morgan fingerprint density at radius 1 is 0.923 bits per heavy atom. The fraction of sp³-hybridized carbons (Fsp3) is 0.913. The van der Waals surface area contributed by atoms with Crippen molar-refractivity contribution in [3.8, 4) is 0 Å². The summed E-state index contributed by atoms with van der Waals surface area (Å²) in [5.41, 5.74) is 1.50. The average molecular weight is 360 g/mol. The molecule has 0 aromatic rings. The number of rotatable bonds is 7. The molecule has 0 unspecified atom stereocenters. The van der Waals surface area contributed by atoms with Gasteiger partial charge >= 0.3 is 7.12 Å². The SMILES string of the molecule is CCCC/C(C)=C/[C@H](C)B1O[C@@H](C2CCCCC2)[C@H](C2CCCCC2)O1. The molecule has 1 saturated heterocycles. The molecule has 26 heavy (non-hydrogen) atoms. The molecule has 0 aromatic heterocycles. The molecule has 1 heterocycles. The average Bonchev–Trinajstić information content (AvgIpc) is 3.13. The van der Waals surface area contributed by atoms with Crippen LogP contribution in [0.15, 0.2) is 11.6 Å². The first kappa shape index (κ1) is 20.5. The third-order valence-electron chi connectivity index (χ3n) is 7.04. The summed E-state index contributed by atoms with van der Waals surface area (Å²) < 4.78 is 13.3. The van der Waals surface area contributed by atoms with Crippen LogP contribution in [0.3, 0.4) is 0 Å². The Hall–Kier alpha value is -0.275. The van der Waals surface area contributed by atoms with E-state index >= 15 is 0 Å². The van der Waals surface area contributed by atoms with E-state index in [2.05, 4.69) is 26.8 Å². The lowest BCUT2D eigenvalue weighted by molar-refractivity contribution is 0.0324. The first-order valence-electron chi connectivity index (χ1n) is 11.7. The van der Waals surface area contributed by atoms with Crippen LogP contribution in [0.4, 0.5) is 0 Å². The molecular weight excluding hydrogens is 319 g/mol. The summed E-state index contributed by atoms with van der Waals surface area (Å²) in [6.07, 6.45) is 20.7. The summed E-state index contributed by atoms with van der Waals surface area (Å²) in [7, 11) is -0.0228. The Morgan fingerprint density at radius 3 is 1.88 bits per heavy atom. The van der Waals surface area contributed by atoms with E-state index in [4.69, 9.17) is 9.31 Å². The minimum Gasteiger partial charge on any atom is -0.405 e. The Labute approximate surface area is 162 Å². The van der Waals surface area contributed by atoms with Gasteiger partial charge in [0.2, 0.25) is 0 Å². The molecule has 2 aliphatic carbocycles. The summed E-state index contributed by atoms with van der Waals surface area (Å²) in [5.74, 6) is 1.84. The maximum atomic E-state index is 6.67. The highest BCUT2D eigenvalue weighted by Gasteiger charge is 2.48. The van der Waals surface area contributed by atoms with Crippen LogP contribution in [0.25, 0.3) is 0 Å². The van der Waals surface area contributed by atoms with E-state index < -0.39 is 0 Å². The molecule has 3 atom stereocenters. The Kier molecular flexibility index (Phi) is 8.12. The van der Waals surface area contributed by atoms with Crippen molar-refractivity contribution >= 4 is 7.12 Å². The molecule has 0 radical (unpaired) electrons. The minimum atomic E-state index is -0.0228. The van der Waals surface area contributed by atoms with Crippen molar-refractivity contribution < 1.29 is 9.31 Å². The van der Waals surface area contributed by atoms with Gasteiger partial charge in [-0.05, 0) is 57.3 Å². The van der Waals surface area contributed by atoms with Crippen LogP contribution in [-0.2, 0) is 9.31 Å². The first-order valence-corrected chi connectivity index (χ1v) is 11.7. The van der Waals surface area contributed by atoms with E-state index in [-0.39, 0.29) is 7.12 Å². The van der Waals surface area contributed by atoms with Gasteiger partial charge in [-0.3, -0.25) is 0 Å². The van der Waals surface area contributed by atoms with Crippen LogP contribution < -0.4 is 0 Å². The molecule has 1 aliphatic heterocycles. The van der Waals surface area contributed by atoms with E-state index in [0.717, 1.165) is 11.8 Å². The lowest BCUT2D eigenvalue weighted by Crippen LogP contribution is -2.38. The quantitative estimate of drug-likeness (QED) is 0.361. The van der Waals surface area contributed by atoms with Crippen molar-refractivity contribution in [2.75, 3.05) is 0 Å². The molecule has 2 saturated carbocycles. The molecule has 0 aromatic carbocycles. The Morgan fingerprint density at radius 2 is 1.42 bits per heavy atom. The zero-order chi connectivity index (χ0) is 18.4. The predicted molar refractivity (Wildman–Crippen MR) is 111 cm³/mol. The fourth-order valence-electron chi connectivity index (χ4n) is 5.49. The van der Waals surface area contributed by atoms with Gasteiger partial charge in [0.25, 0.3) is 0 Å². The van der Waals surface area contributed by atoms with Gasteiger partial charge in [0.15, 0.2) is 0 Å². The maximum Gasteiger partial charge on any atom is 0.464 e. The molecule has 148 valence electrons. The van der Waals surface area contributed by atoms with Gasteiger partial charge in [-0.2, -0.15) is 0 Å². The summed E-state index contributed by atoms with van der Waals surface area (Å²) in [5, 5.41) is 0. The van der Waals surface area contributed by atoms with Gasteiger partial charge in [-0.15, -0.1) is 0 Å². The minimum absolute atomic E-state index is 0.0228. The van der Waals surface area contributed by atoms with E-state index in [1.807, 2.05) is 0 Å². The van der Waals surface area contributed by atoms with Crippen molar-refractivity contribution in [3.63, 3.8) is 0 Å². The maximum absolute atomic E-state index is 6.67. The highest BCUT2D eigenvalue weighted by Crippen LogP contribution is 2.42. The molecule has 0 spiro atoms. The Bertz CT molecular complexity index is 411. The van der Waals surface area contributed by atoms with Crippen LogP contribution in [0.5, 0.6) is 0 Å². The molecule has 2 nitrogen and oxygen atoms in total. The monoisotopic (exact) mass is 360 g/mol. The van der Waals surface area contributed by atoms with Crippen molar-refractivity contribution in [2.45, 2.75) is 122 Å². The van der Waals surface area contributed by atoms with Gasteiger partial charge in [0.05, 0.1) is 12.2 Å². The third kappa shape index (κ3) is 5.38. The standard InChI is InChI=1S/C23H41BO2/c1-4-5-12-18(2)17-19(3)24-25-22(20-13-8-6-9-14-20)23(26-24)21-15-10-7-11-16-21/h17,19-23H,4-16H2,1-3H3/b18-17+/t19-,22-,23-/m0/s1. The van der Waals surface area contributed by atoms with Crippen LogP contribution in [0, 0.1) is 11.8 Å². The first-order chi connectivity index (χ1) is 12.7. The van der Waals surface area contributed by atoms with Gasteiger partial charge < -0.3 is 9.31 Å². The summed E-state index contributed by atoms with van der Waals surface area (Å²) >= 11 is 0. The van der Waals surface area contributed by atoms with E-state index in [9.17, 15) is 0 Å². The summed E-state index contributed by atoms with van der Waals surface area (Å²) in [4.78, 5) is 0. The number of hydrogen-bond donors (Lipinski definition) is 0. The zero-order valence-corrected chi connectivity index (χ0v) is 17.6. The zero-order valence-electron chi connectivity index (χ0n) is 17.6. The highest BCUT2D eigenvalue weighted by atomic mass is 16.7. The smallest absolute Gasteiger partial charge is 0.405 e. The van der Waals surface area contributed by atoms with Crippen molar-refractivity contribution in [3.05, 3.63) is 11.6 Å². The molecule has 0 N–H and O–H groups in total. The lowest BCUT2D eigenvalue weighted by atomic mass is 9.72. The molecule has 3 fully saturated rings. The summed E-state index contributed by atoms with van der Waals surface area (Å²) in [6, 6.07) is 0. The van der Waals surface area contributed by atoms with E-state index in [0.29, 0.717) is 18.0 Å². The fourth-order valence-corrected chi connectivity index (χ4v) is 5.49. The van der Waals surface area contributed by atoms with Crippen molar-refractivity contribution in [2.24, 2.45) is 11.8 Å². The third-order valence-corrected chi connectivity index (χ3v) is 7.04. The number of hydrogen-bond acceptors (Lipinski definition) is 2. The van der Waals surface area contributed by atoms with Crippen LogP contribution in [0.2, 0.25) is 5.82 Å². The number of allylic oxidation sites excluding steroid dienone is 2. The largest absolute Gasteiger partial charge is 0.464 e. The Balaban J connectivity index is 1.66. The lowest BCUT2D eigenvalue weighted by Gasteiger charge is -2.35. The predicted octanol–water partition coefficient (Wildman–Crippen LogP) is 6.95. The van der Waals surface area contributed by atoms with E-state index in [1.165, 1.54) is 89.0 Å². The van der Waals surface area contributed by atoms with Gasteiger partial charge in [-0.25, -0.2) is 0 Å². The van der Waals surface area contributed by atoms with Crippen molar-refractivity contribution in [1.82, 2.24) is 0 Å². The number of unbranched alkanes of at least 4 members (excludes halogenated alkanes) is 1. The molecule has 3 rings (SSSR count). The topological polar surface area (TPSA) is 18.5 Å². The molecule has 3 aliphatic rings. The van der Waals surface area contributed by atoms with Gasteiger partial charge in [0, 0.05) is 5.82 Å². The molecule has 0 bridgehead atoms. The second kappa shape index (κ2) is 10.3. The van der Waals surface area contributed by atoms with Crippen LogP contribution in [-0.4, -0.2) is 19.3 Å². The van der Waals surface area contributed by atoms with Gasteiger partial charge in [0.1, 0.15) is 0 Å². The second-order valence-electron chi connectivity index (χ2n) is 9.34. The van der Waals surface area contributed by atoms with Crippen LogP contribution >= 0.6 is 0 Å². The normalized spacial score (nSPS) is 30.7. The second-order valence-corrected chi connectivity index (χ2v) is 9.34. The van der Waals surface area contributed by atoms with Crippen molar-refractivity contribution in [1.29, 1.82) is 0 Å². The van der Waals surface area contributed by atoms with Gasteiger partial charge in [-0.1, -0.05) is 70.4 Å². The molecular formula is C23H41BO2. The molecule has 3 heteroatoms. The summed E-state index contributed by atoms with van der Waals surface area (Å²) in [6.45, 7) is 6.84.